The van der Waals surface area contributed by atoms with Gasteiger partial charge in [0.05, 0.1) is 6.54 Å². The monoisotopic (exact) mass is 281 g/mol. The summed E-state index contributed by atoms with van der Waals surface area (Å²) in [4.78, 5) is 16.3. The molecule has 0 unspecified atom stereocenters. The first-order valence-electron chi connectivity index (χ1n) is 6.68. The van der Waals surface area contributed by atoms with Crippen molar-refractivity contribution in [1.82, 2.24) is 9.80 Å². The predicted molar refractivity (Wildman–Crippen MR) is 78.6 cm³/mol. The van der Waals surface area contributed by atoms with Gasteiger partial charge >= 0.3 is 0 Å². The molecule has 0 radical (unpaired) electrons. The van der Waals surface area contributed by atoms with Gasteiger partial charge < -0.3 is 15.1 Å². The lowest BCUT2D eigenvalue weighted by Gasteiger charge is -2.34. The van der Waals surface area contributed by atoms with Crippen molar-refractivity contribution in [2.75, 3.05) is 44.6 Å². The van der Waals surface area contributed by atoms with Crippen LogP contribution in [0.1, 0.15) is 6.92 Å². The molecule has 0 atom stereocenters. The fraction of sp³-hybridized carbons (Fsp3) is 0.500. The summed E-state index contributed by atoms with van der Waals surface area (Å²) in [5, 5.41) is 3.79. The minimum Gasteiger partial charge on any atom is -0.376 e. The number of rotatable bonds is 4. The fourth-order valence-electron chi connectivity index (χ4n) is 2.20. The quantitative estimate of drug-likeness (QED) is 0.916. The molecule has 1 aromatic carbocycles. The number of benzene rings is 1. The van der Waals surface area contributed by atoms with Gasteiger partial charge in [0.2, 0.25) is 5.91 Å². The van der Waals surface area contributed by atoms with E-state index in [-0.39, 0.29) is 5.91 Å². The Morgan fingerprint density at radius 1 is 1.32 bits per heavy atom. The third-order valence-electron chi connectivity index (χ3n) is 3.44. The molecular formula is C14H20ClN3O. The molecular weight excluding hydrogens is 262 g/mol. The van der Waals surface area contributed by atoms with E-state index in [1.807, 2.05) is 29.2 Å². The summed E-state index contributed by atoms with van der Waals surface area (Å²) in [5.41, 5.74) is 0.882. The second kappa shape index (κ2) is 6.78. The van der Waals surface area contributed by atoms with E-state index in [4.69, 9.17) is 11.6 Å². The third kappa shape index (κ3) is 4.11. The number of piperazine rings is 1. The maximum absolute atomic E-state index is 12.1. The van der Waals surface area contributed by atoms with E-state index < -0.39 is 0 Å². The maximum Gasteiger partial charge on any atom is 0.241 e. The molecule has 0 aliphatic carbocycles. The highest BCUT2D eigenvalue weighted by Gasteiger charge is 2.19. The lowest BCUT2D eigenvalue weighted by molar-refractivity contribution is -0.131. The number of carbonyl (C=O) groups is 1. The Bertz CT molecular complexity index is 430. The van der Waals surface area contributed by atoms with Crippen LogP contribution in [0.2, 0.25) is 5.02 Å². The minimum absolute atomic E-state index is 0.149. The molecule has 1 N–H and O–H groups in total. The van der Waals surface area contributed by atoms with Crippen molar-refractivity contribution in [2.45, 2.75) is 6.92 Å². The number of hydrogen-bond donors (Lipinski definition) is 1. The van der Waals surface area contributed by atoms with Crippen molar-refractivity contribution in [3.63, 3.8) is 0 Å². The molecule has 0 spiro atoms. The van der Waals surface area contributed by atoms with Crippen LogP contribution in [0.5, 0.6) is 0 Å². The van der Waals surface area contributed by atoms with E-state index in [0.717, 1.165) is 38.4 Å². The summed E-state index contributed by atoms with van der Waals surface area (Å²) < 4.78 is 0. The molecule has 0 bridgehead atoms. The van der Waals surface area contributed by atoms with E-state index in [9.17, 15) is 4.79 Å². The number of carbonyl (C=O) groups excluding carboxylic acids is 1. The van der Waals surface area contributed by atoms with E-state index in [1.54, 1.807) is 0 Å². The topological polar surface area (TPSA) is 35.6 Å². The van der Waals surface area contributed by atoms with Gasteiger partial charge in [-0.1, -0.05) is 24.6 Å². The Morgan fingerprint density at radius 2 is 2.05 bits per heavy atom. The minimum atomic E-state index is 0.149. The number of anilines is 1. The van der Waals surface area contributed by atoms with Gasteiger partial charge in [0.1, 0.15) is 0 Å². The summed E-state index contributed by atoms with van der Waals surface area (Å²) >= 11 is 5.90. The summed E-state index contributed by atoms with van der Waals surface area (Å²) in [6.07, 6.45) is 0. The summed E-state index contributed by atoms with van der Waals surface area (Å²) in [6.45, 7) is 7.13. The molecule has 1 aliphatic rings. The summed E-state index contributed by atoms with van der Waals surface area (Å²) in [6, 6.07) is 7.42. The zero-order chi connectivity index (χ0) is 13.7. The average Bonchev–Trinajstić information content (AvgIpc) is 2.45. The highest BCUT2D eigenvalue weighted by atomic mass is 35.5. The van der Waals surface area contributed by atoms with Crippen LogP contribution in [0.25, 0.3) is 0 Å². The first-order valence-corrected chi connectivity index (χ1v) is 7.06. The van der Waals surface area contributed by atoms with Gasteiger partial charge in [0.25, 0.3) is 0 Å². The Hall–Kier alpha value is -1.26. The van der Waals surface area contributed by atoms with Gasteiger partial charge in [-0.15, -0.1) is 0 Å². The van der Waals surface area contributed by atoms with Crippen molar-refractivity contribution in [3.05, 3.63) is 29.3 Å². The number of hydrogen-bond acceptors (Lipinski definition) is 3. The number of halogens is 1. The molecule has 0 aromatic heterocycles. The van der Waals surface area contributed by atoms with Crippen LogP contribution in [0.15, 0.2) is 24.3 Å². The molecule has 5 heteroatoms. The Kier molecular flexibility index (Phi) is 5.05. The molecule has 1 aliphatic heterocycles. The van der Waals surface area contributed by atoms with Gasteiger partial charge in [-0.2, -0.15) is 0 Å². The Labute approximate surface area is 119 Å². The molecule has 104 valence electrons. The van der Waals surface area contributed by atoms with Crippen molar-refractivity contribution < 1.29 is 4.79 Å². The highest BCUT2D eigenvalue weighted by molar-refractivity contribution is 6.30. The van der Waals surface area contributed by atoms with Crippen molar-refractivity contribution in [2.24, 2.45) is 0 Å². The SMILES string of the molecule is CCN1CCN(C(=O)CNc2cccc(Cl)c2)CC1. The number of amides is 1. The molecule has 19 heavy (non-hydrogen) atoms. The highest BCUT2D eigenvalue weighted by Crippen LogP contribution is 2.14. The number of nitrogens with one attached hydrogen (secondary N) is 1. The van der Waals surface area contributed by atoms with Crippen LogP contribution in [-0.2, 0) is 4.79 Å². The molecule has 2 rings (SSSR count). The average molecular weight is 282 g/mol. The summed E-state index contributed by atoms with van der Waals surface area (Å²) in [5.74, 6) is 0.149. The van der Waals surface area contributed by atoms with Crippen LogP contribution in [0.4, 0.5) is 5.69 Å². The molecule has 4 nitrogen and oxygen atoms in total. The first-order chi connectivity index (χ1) is 9.19. The molecule has 1 heterocycles. The zero-order valence-corrected chi connectivity index (χ0v) is 12.0. The standard InChI is InChI=1S/C14H20ClN3O/c1-2-17-6-8-18(9-7-17)14(19)11-16-13-5-3-4-12(15)10-13/h3-5,10,16H,2,6-9,11H2,1H3. The van der Waals surface area contributed by atoms with E-state index in [1.165, 1.54) is 0 Å². The Balaban J connectivity index is 1.79. The van der Waals surface area contributed by atoms with Crippen LogP contribution in [0, 0.1) is 0 Å². The molecule has 1 aromatic rings. The number of likely N-dealkylation sites (N-methyl/N-ethyl adjacent to an activating group) is 1. The van der Waals surface area contributed by atoms with Crippen molar-refractivity contribution >= 4 is 23.2 Å². The Morgan fingerprint density at radius 3 is 2.68 bits per heavy atom. The van der Waals surface area contributed by atoms with Crippen LogP contribution in [-0.4, -0.2) is 55.0 Å². The summed E-state index contributed by atoms with van der Waals surface area (Å²) in [7, 11) is 0. The van der Waals surface area contributed by atoms with Gasteiger partial charge in [-0.25, -0.2) is 0 Å². The van der Waals surface area contributed by atoms with Gasteiger partial charge in [0.15, 0.2) is 0 Å². The van der Waals surface area contributed by atoms with Crippen LogP contribution in [0.3, 0.4) is 0 Å². The number of nitrogens with zero attached hydrogens (tertiary/aromatic N) is 2. The zero-order valence-electron chi connectivity index (χ0n) is 11.2. The molecule has 1 fully saturated rings. The molecule has 0 saturated carbocycles. The van der Waals surface area contributed by atoms with Gasteiger partial charge in [-0.05, 0) is 24.7 Å². The second-order valence-corrected chi connectivity index (χ2v) is 5.12. The normalized spacial score (nSPS) is 16.4. The van der Waals surface area contributed by atoms with E-state index >= 15 is 0 Å². The predicted octanol–water partition coefficient (Wildman–Crippen LogP) is 1.92. The lowest BCUT2D eigenvalue weighted by atomic mass is 10.3. The molecule has 1 saturated heterocycles. The van der Waals surface area contributed by atoms with E-state index in [2.05, 4.69) is 17.1 Å². The van der Waals surface area contributed by atoms with Crippen molar-refractivity contribution in [1.29, 1.82) is 0 Å². The maximum atomic E-state index is 12.1. The van der Waals surface area contributed by atoms with Crippen LogP contribution >= 0.6 is 11.6 Å². The third-order valence-corrected chi connectivity index (χ3v) is 3.68. The second-order valence-electron chi connectivity index (χ2n) is 4.68. The smallest absolute Gasteiger partial charge is 0.241 e. The first kappa shape index (κ1) is 14.2. The van der Waals surface area contributed by atoms with Gasteiger partial charge in [-0.3, -0.25) is 4.79 Å². The van der Waals surface area contributed by atoms with Crippen LogP contribution < -0.4 is 5.32 Å². The lowest BCUT2D eigenvalue weighted by Crippen LogP contribution is -2.49. The fourth-order valence-corrected chi connectivity index (χ4v) is 2.39. The van der Waals surface area contributed by atoms with Gasteiger partial charge in [0, 0.05) is 36.9 Å². The van der Waals surface area contributed by atoms with E-state index in [0.29, 0.717) is 11.6 Å². The largest absolute Gasteiger partial charge is 0.376 e. The molecule has 1 amide bonds. The van der Waals surface area contributed by atoms with Crippen molar-refractivity contribution in [3.8, 4) is 0 Å².